The van der Waals surface area contributed by atoms with E-state index in [9.17, 15) is 0 Å². The van der Waals surface area contributed by atoms with Gasteiger partial charge in [0.15, 0.2) is 0 Å². The van der Waals surface area contributed by atoms with Crippen LogP contribution >= 0.6 is 0 Å². The van der Waals surface area contributed by atoms with Crippen LogP contribution in [0.3, 0.4) is 0 Å². The van der Waals surface area contributed by atoms with Gasteiger partial charge in [-0.3, -0.25) is 4.98 Å². The predicted molar refractivity (Wildman–Crippen MR) is 116 cm³/mol. The number of anilines is 2. The Labute approximate surface area is 167 Å². The van der Waals surface area contributed by atoms with Crippen molar-refractivity contribution in [2.24, 2.45) is 0 Å². The molecule has 0 unspecified atom stereocenters. The minimum absolute atomic E-state index is 0.688. The van der Waals surface area contributed by atoms with Crippen LogP contribution in [0.1, 0.15) is 35.2 Å². The van der Waals surface area contributed by atoms with Gasteiger partial charge in [-0.25, -0.2) is 0 Å². The van der Waals surface area contributed by atoms with E-state index in [4.69, 9.17) is 10.2 Å². The molecule has 0 radical (unpaired) electrons. The third kappa shape index (κ3) is 3.53. The molecule has 4 nitrogen and oxygen atoms in total. The minimum Gasteiger partial charge on any atom is -0.371 e. The second kappa shape index (κ2) is 7.52. The Balaban J connectivity index is 1.67. The smallest absolute Gasteiger partial charge is 0.0991 e. The number of hydrogen-bond acceptors (Lipinski definition) is 4. The minimum atomic E-state index is 0.688. The third-order valence-electron chi connectivity index (χ3n) is 5.66. The number of aromatic nitrogens is 1. The maximum Gasteiger partial charge on any atom is 0.0991 e. The van der Waals surface area contributed by atoms with E-state index in [-0.39, 0.29) is 0 Å². The van der Waals surface area contributed by atoms with Crippen LogP contribution in [0.25, 0.3) is 10.9 Å². The fraction of sp³-hybridized carbons (Fsp3) is 0.333. The maximum absolute atomic E-state index is 8.99. The molecule has 1 aromatic heterocycles. The summed E-state index contributed by atoms with van der Waals surface area (Å²) >= 11 is 0. The Morgan fingerprint density at radius 1 is 1.07 bits per heavy atom. The summed E-state index contributed by atoms with van der Waals surface area (Å²) in [4.78, 5) is 9.54. The van der Waals surface area contributed by atoms with Crippen molar-refractivity contribution in [2.45, 2.75) is 33.2 Å². The molecule has 0 aliphatic carbocycles. The molecule has 1 fully saturated rings. The van der Waals surface area contributed by atoms with Gasteiger partial charge in [0.05, 0.1) is 17.1 Å². The molecule has 3 aromatic rings. The molecule has 142 valence electrons. The van der Waals surface area contributed by atoms with Gasteiger partial charge in [0.25, 0.3) is 0 Å². The molecule has 2 aromatic carbocycles. The Morgan fingerprint density at radius 2 is 1.79 bits per heavy atom. The molecule has 0 bridgehead atoms. The normalized spacial score (nSPS) is 13.7. The number of nitrogens with zero attached hydrogens (tertiary/aromatic N) is 4. The van der Waals surface area contributed by atoms with Crippen molar-refractivity contribution in [3.8, 4) is 6.07 Å². The maximum atomic E-state index is 8.99. The largest absolute Gasteiger partial charge is 0.371 e. The lowest BCUT2D eigenvalue weighted by atomic mass is 10.0. The first-order valence-corrected chi connectivity index (χ1v) is 9.92. The summed E-state index contributed by atoms with van der Waals surface area (Å²) in [6.45, 7) is 7.36. The molecule has 4 rings (SSSR count). The molecule has 2 heterocycles. The fourth-order valence-electron chi connectivity index (χ4n) is 4.06. The van der Waals surface area contributed by atoms with E-state index in [1.807, 2.05) is 24.3 Å². The summed E-state index contributed by atoms with van der Waals surface area (Å²) < 4.78 is 0. The Hall–Kier alpha value is -3.06. The molecule has 1 aliphatic rings. The molecule has 0 atom stereocenters. The van der Waals surface area contributed by atoms with Gasteiger partial charge in [-0.15, -0.1) is 0 Å². The van der Waals surface area contributed by atoms with Gasteiger partial charge in [0, 0.05) is 49.1 Å². The second-order valence-electron chi connectivity index (χ2n) is 7.79. The number of nitriles is 1. The molecule has 0 amide bonds. The summed E-state index contributed by atoms with van der Waals surface area (Å²) in [6, 6.07) is 16.7. The van der Waals surface area contributed by atoms with Crippen LogP contribution in [0.4, 0.5) is 11.4 Å². The van der Waals surface area contributed by atoms with E-state index in [0.29, 0.717) is 5.56 Å². The first-order valence-electron chi connectivity index (χ1n) is 9.92. The van der Waals surface area contributed by atoms with Gasteiger partial charge in [0.1, 0.15) is 0 Å². The summed E-state index contributed by atoms with van der Waals surface area (Å²) in [5.74, 6) is 0. The molecule has 28 heavy (non-hydrogen) atoms. The van der Waals surface area contributed by atoms with Crippen LogP contribution in [0.5, 0.6) is 0 Å². The van der Waals surface area contributed by atoms with Crippen LogP contribution in [-0.2, 0) is 6.54 Å². The van der Waals surface area contributed by atoms with Gasteiger partial charge >= 0.3 is 0 Å². The first kappa shape index (κ1) is 18.3. The highest BCUT2D eigenvalue weighted by atomic mass is 15.1. The Kier molecular flexibility index (Phi) is 4.92. The van der Waals surface area contributed by atoms with E-state index >= 15 is 0 Å². The molecule has 0 spiro atoms. The van der Waals surface area contributed by atoms with E-state index < -0.39 is 0 Å². The van der Waals surface area contributed by atoms with E-state index in [1.54, 1.807) is 0 Å². The summed E-state index contributed by atoms with van der Waals surface area (Å²) in [5.41, 5.74) is 7.85. The molecular formula is C24H26N4. The highest BCUT2D eigenvalue weighted by molar-refractivity contribution is 5.93. The van der Waals surface area contributed by atoms with E-state index in [0.717, 1.165) is 36.5 Å². The van der Waals surface area contributed by atoms with Gasteiger partial charge in [0.2, 0.25) is 0 Å². The van der Waals surface area contributed by atoms with Gasteiger partial charge in [-0.05, 0) is 80.3 Å². The summed E-state index contributed by atoms with van der Waals surface area (Å²) in [7, 11) is 2.09. The average molecular weight is 371 g/mol. The van der Waals surface area contributed by atoms with E-state index in [1.165, 1.54) is 35.0 Å². The second-order valence-corrected chi connectivity index (χ2v) is 7.79. The first-order chi connectivity index (χ1) is 13.5. The summed E-state index contributed by atoms with van der Waals surface area (Å²) in [5, 5.41) is 10.2. The zero-order valence-corrected chi connectivity index (χ0v) is 16.9. The number of benzene rings is 2. The van der Waals surface area contributed by atoms with Crippen molar-refractivity contribution in [1.29, 1.82) is 5.26 Å². The van der Waals surface area contributed by atoms with Gasteiger partial charge < -0.3 is 9.80 Å². The van der Waals surface area contributed by atoms with Crippen molar-refractivity contribution in [3.05, 3.63) is 64.8 Å². The zero-order chi connectivity index (χ0) is 19.7. The van der Waals surface area contributed by atoms with Crippen molar-refractivity contribution in [2.75, 3.05) is 29.9 Å². The Bertz CT molecular complexity index is 1040. The summed E-state index contributed by atoms with van der Waals surface area (Å²) in [6.07, 6.45) is 2.55. The lowest BCUT2D eigenvalue weighted by molar-refractivity contribution is 0.915. The molecule has 1 aliphatic heterocycles. The topological polar surface area (TPSA) is 43.2 Å². The van der Waals surface area contributed by atoms with Gasteiger partial charge in [-0.1, -0.05) is 0 Å². The third-order valence-corrected chi connectivity index (χ3v) is 5.66. The van der Waals surface area contributed by atoms with Crippen molar-refractivity contribution in [3.63, 3.8) is 0 Å². The monoisotopic (exact) mass is 370 g/mol. The Morgan fingerprint density at radius 3 is 2.46 bits per heavy atom. The zero-order valence-electron chi connectivity index (χ0n) is 16.9. The van der Waals surface area contributed by atoms with Crippen LogP contribution < -0.4 is 9.80 Å². The number of hydrogen-bond donors (Lipinski definition) is 0. The molecule has 4 heteroatoms. The molecule has 1 saturated heterocycles. The number of rotatable bonds is 4. The predicted octanol–water partition coefficient (Wildman–Crippen LogP) is 4.96. The lowest BCUT2D eigenvalue weighted by Crippen LogP contribution is -2.19. The standard InChI is InChI=1S/C24H26N4/c1-17-12-22-23(26-18(2)13-24(22)28-10-4-5-11-28)14-20(17)16-27(3)21-8-6-19(15-25)7-9-21/h6-9,12-14H,4-5,10-11,16H2,1-3H3. The van der Waals surface area contributed by atoms with Gasteiger partial charge in [-0.2, -0.15) is 5.26 Å². The number of pyridine rings is 1. The van der Waals surface area contributed by atoms with Crippen LogP contribution in [0.15, 0.2) is 42.5 Å². The van der Waals surface area contributed by atoms with E-state index in [2.05, 4.69) is 55.0 Å². The highest BCUT2D eigenvalue weighted by Gasteiger charge is 2.17. The van der Waals surface area contributed by atoms with Crippen LogP contribution in [0, 0.1) is 25.2 Å². The SMILES string of the molecule is Cc1cc(N2CCCC2)c2cc(C)c(CN(C)c3ccc(C#N)cc3)cc2n1. The lowest BCUT2D eigenvalue weighted by Gasteiger charge is -2.23. The molecule has 0 saturated carbocycles. The number of fused-ring (bicyclic) bond motifs is 1. The average Bonchev–Trinajstić information content (AvgIpc) is 3.23. The number of aryl methyl sites for hydroxylation is 2. The van der Waals surface area contributed by atoms with Crippen LogP contribution in [-0.4, -0.2) is 25.1 Å². The van der Waals surface area contributed by atoms with Crippen molar-refractivity contribution >= 4 is 22.3 Å². The highest BCUT2D eigenvalue weighted by Crippen LogP contribution is 2.32. The van der Waals surface area contributed by atoms with Crippen molar-refractivity contribution < 1.29 is 0 Å². The van der Waals surface area contributed by atoms with Crippen LogP contribution in [0.2, 0.25) is 0 Å². The van der Waals surface area contributed by atoms with Crippen molar-refractivity contribution in [1.82, 2.24) is 4.98 Å². The molecule has 0 N–H and O–H groups in total. The fourth-order valence-corrected chi connectivity index (χ4v) is 4.06. The molecular weight excluding hydrogens is 344 g/mol. The quantitative estimate of drug-likeness (QED) is 0.651.